The third-order valence-corrected chi connectivity index (χ3v) is 3.52. The minimum absolute atomic E-state index is 0.593. The highest BCUT2D eigenvalue weighted by Crippen LogP contribution is 2.19. The fourth-order valence-electron chi connectivity index (χ4n) is 2.18. The van der Waals surface area contributed by atoms with Crippen LogP contribution in [0.25, 0.3) is 10.4 Å². The standard InChI is InChI=1S/C19H22N4O/c1-2-3-4-5-14-24-19-12-10-17(11-13-19)21-15-16-6-8-18(9-7-16)22-23-20/h6-13,15H,2-5,14H2,1H3. The number of ether oxygens (including phenoxy) is 1. The Morgan fingerprint density at radius 1 is 0.958 bits per heavy atom. The van der Waals surface area contributed by atoms with Gasteiger partial charge in [0.05, 0.1) is 12.3 Å². The van der Waals surface area contributed by atoms with Crippen LogP contribution < -0.4 is 4.74 Å². The number of aliphatic imine (C=N–C) groups is 1. The van der Waals surface area contributed by atoms with Crippen LogP contribution in [0.1, 0.15) is 38.2 Å². The van der Waals surface area contributed by atoms with Crippen molar-refractivity contribution in [2.45, 2.75) is 32.6 Å². The number of rotatable bonds is 9. The number of nitrogens with zero attached hydrogens (tertiary/aromatic N) is 4. The van der Waals surface area contributed by atoms with E-state index >= 15 is 0 Å². The Labute approximate surface area is 142 Å². The molecule has 0 N–H and O–H groups in total. The van der Waals surface area contributed by atoms with E-state index in [0.717, 1.165) is 30.0 Å². The molecule has 2 aromatic rings. The van der Waals surface area contributed by atoms with Crippen LogP contribution in [0.4, 0.5) is 11.4 Å². The van der Waals surface area contributed by atoms with Crippen molar-refractivity contribution < 1.29 is 4.74 Å². The molecule has 124 valence electrons. The Kier molecular flexibility index (Phi) is 7.38. The summed E-state index contributed by atoms with van der Waals surface area (Å²) >= 11 is 0. The fraction of sp³-hybridized carbons (Fsp3) is 0.316. The predicted molar refractivity (Wildman–Crippen MR) is 98.6 cm³/mol. The maximum absolute atomic E-state index is 8.38. The van der Waals surface area contributed by atoms with E-state index in [2.05, 4.69) is 21.9 Å². The molecule has 0 unspecified atom stereocenters. The quantitative estimate of drug-likeness (QED) is 0.174. The van der Waals surface area contributed by atoms with Gasteiger partial charge >= 0.3 is 0 Å². The van der Waals surface area contributed by atoms with E-state index in [4.69, 9.17) is 10.3 Å². The van der Waals surface area contributed by atoms with Gasteiger partial charge in [-0.3, -0.25) is 4.99 Å². The molecule has 24 heavy (non-hydrogen) atoms. The monoisotopic (exact) mass is 322 g/mol. The lowest BCUT2D eigenvalue weighted by molar-refractivity contribution is 0.305. The van der Waals surface area contributed by atoms with Crippen LogP contribution in [-0.2, 0) is 0 Å². The number of unbranched alkanes of at least 4 members (excludes halogenated alkanes) is 3. The molecule has 0 saturated heterocycles. The summed E-state index contributed by atoms with van der Waals surface area (Å²) in [6.45, 7) is 2.97. The van der Waals surface area contributed by atoms with Crippen LogP contribution in [0.15, 0.2) is 58.6 Å². The van der Waals surface area contributed by atoms with Gasteiger partial charge in [0.25, 0.3) is 0 Å². The van der Waals surface area contributed by atoms with Crippen molar-refractivity contribution >= 4 is 17.6 Å². The van der Waals surface area contributed by atoms with E-state index < -0.39 is 0 Å². The first-order valence-corrected chi connectivity index (χ1v) is 8.24. The van der Waals surface area contributed by atoms with Gasteiger partial charge in [-0.25, -0.2) is 0 Å². The largest absolute Gasteiger partial charge is 0.494 e. The van der Waals surface area contributed by atoms with Crippen molar-refractivity contribution in [1.82, 2.24) is 0 Å². The molecule has 5 nitrogen and oxygen atoms in total. The summed E-state index contributed by atoms with van der Waals surface area (Å²) in [6.07, 6.45) is 6.60. The highest BCUT2D eigenvalue weighted by molar-refractivity contribution is 5.82. The highest BCUT2D eigenvalue weighted by atomic mass is 16.5. The van der Waals surface area contributed by atoms with E-state index in [9.17, 15) is 0 Å². The molecule has 0 heterocycles. The summed E-state index contributed by atoms with van der Waals surface area (Å²) in [5, 5.41) is 3.54. The number of hydrogen-bond acceptors (Lipinski definition) is 3. The van der Waals surface area contributed by atoms with Crippen LogP contribution in [0.2, 0.25) is 0 Å². The van der Waals surface area contributed by atoms with Crippen molar-refractivity contribution in [3.63, 3.8) is 0 Å². The summed E-state index contributed by atoms with van der Waals surface area (Å²) in [4.78, 5) is 7.18. The summed E-state index contributed by atoms with van der Waals surface area (Å²) in [5.41, 5.74) is 10.8. The Morgan fingerprint density at radius 2 is 1.67 bits per heavy atom. The second-order valence-corrected chi connectivity index (χ2v) is 5.44. The molecule has 0 bridgehead atoms. The smallest absolute Gasteiger partial charge is 0.119 e. The molecule has 2 aromatic carbocycles. The van der Waals surface area contributed by atoms with E-state index in [1.165, 1.54) is 19.3 Å². The Bertz CT molecular complexity index is 686. The third-order valence-electron chi connectivity index (χ3n) is 3.52. The lowest BCUT2D eigenvalue weighted by atomic mass is 10.2. The fourth-order valence-corrected chi connectivity index (χ4v) is 2.18. The van der Waals surface area contributed by atoms with Gasteiger partial charge in [0.1, 0.15) is 5.75 Å². The SMILES string of the molecule is CCCCCCOc1ccc(N=Cc2ccc(N=[N+]=[N-])cc2)cc1. The molecule has 0 amide bonds. The zero-order valence-corrected chi connectivity index (χ0v) is 13.9. The molecule has 0 aliphatic rings. The molecular weight excluding hydrogens is 300 g/mol. The summed E-state index contributed by atoms with van der Waals surface area (Å²) in [5.74, 6) is 0.879. The first-order valence-electron chi connectivity index (χ1n) is 8.24. The maximum Gasteiger partial charge on any atom is 0.119 e. The molecule has 0 aromatic heterocycles. The molecule has 0 aliphatic carbocycles. The molecule has 2 rings (SSSR count). The number of hydrogen-bond donors (Lipinski definition) is 0. The minimum Gasteiger partial charge on any atom is -0.494 e. The van der Waals surface area contributed by atoms with Crippen LogP contribution in [0, 0.1) is 0 Å². The third kappa shape index (κ3) is 6.15. The van der Waals surface area contributed by atoms with Gasteiger partial charge in [0.15, 0.2) is 0 Å². The normalized spacial score (nSPS) is 10.5. The molecule has 0 saturated carbocycles. The topological polar surface area (TPSA) is 70.4 Å². The first kappa shape index (κ1) is 17.6. The van der Waals surface area contributed by atoms with Crippen molar-refractivity contribution in [2.75, 3.05) is 6.61 Å². The predicted octanol–water partition coefficient (Wildman–Crippen LogP) is 6.34. The Morgan fingerprint density at radius 3 is 2.33 bits per heavy atom. The molecule has 0 spiro atoms. The van der Waals surface area contributed by atoms with E-state index in [-0.39, 0.29) is 0 Å². The van der Waals surface area contributed by atoms with Crippen molar-refractivity contribution in [3.05, 3.63) is 64.5 Å². The first-order chi connectivity index (χ1) is 11.8. The molecular formula is C19H22N4O. The van der Waals surface area contributed by atoms with Crippen LogP contribution in [0.5, 0.6) is 5.75 Å². The van der Waals surface area contributed by atoms with Crippen LogP contribution in [0.3, 0.4) is 0 Å². The Hall–Kier alpha value is -2.78. The molecule has 0 fully saturated rings. The average molecular weight is 322 g/mol. The average Bonchev–Trinajstić information content (AvgIpc) is 2.62. The molecule has 0 atom stereocenters. The Balaban J connectivity index is 1.85. The van der Waals surface area contributed by atoms with Crippen molar-refractivity contribution in [2.24, 2.45) is 10.1 Å². The van der Waals surface area contributed by atoms with Gasteiger partial charge in [-0.15, -0.1) is 0 Å². The van der Waals surface area contributed by atoms with Crippen molar-refractivity contribution in [1.29, 1.82) is 0 Å². The second kappa shape index (κ2) is 10.1. The zero-order valence-electron chi connectivity index (χ0n) is 13.9. The summed E-state index contributed by atoms with van der Waals surface area (Å²) in [6, 6.07) is 15.0. The van der Waals surface area contributed by atoms with Gasteiger partial charge in [0.2, 0.25) is 0 Å². The molecule has 5 heteroatoms. The number of azide groups is 1. The van der Waals surface area contributed by atoms with Gasteiger partial charge in [-0.1, -0.05) is 55.6 Å². The van der Waals surface area contributed by atoms with E-state index in [1.807, 2.05) is 36.4 Å². The van der Waals surface area contributed by atoms with Crippen LogP contribution in [-0.4, -0.2) is 12.8 Å². The van der Waals surface area contributed by atoms with Crippen molar-refractivity contribution in [3.8, 4) is 5.75 Å². The lowest BCUT2D eigenvalue weighted by Gasteiger charge is -2.05. The summed E-state index contributed by atoms with van der Waals surface area (Å²) in [7, 11) is 0. The second-order valence-electron chi connectivity index (χ2n) is 5.44. The lowest BCUT2D eigenvalue weighted by Crippen LogP contribution is -1.96. The summed E-state index contributed by atoms with van der Waals surface area (Å²) < 4.78 is 5.71. The molecule has 0 aliphatic heterocycles. The maximum atomic E-state index is 8.38. The molecule has 0 radical (unpaired) electrons. The zero-order chi connectivity index (χ0) is 17.0. The van der Waals surface area contributed by atoms with E-state index in [0.29, 0.717) is 5.69 Å². The number of benzene rings is 2. The van der Waals surface area contributed by atoms with Gasteiger partial charge in [0, 0.05) is 16.8 Å². The van der Waals surface area contributed by atoms with Gasteiger partial charge < -0.3 is 4.74 Å². The van der Waals surface area contributed by atoms with E-state index in [1.54, 1.807) is 18.3 Å². The van der Waals surface area contributed by atoms with Crippen LogP contribution >= 0.6 is 0 Å². The highest BCUT2D eigenvalue weighted by Gasteiger charge is 1.95. The minimum atomic E-state index is 0.593. The van der Waals surface area contributed by atoms with Gasteiger partial charge in [-0.2, -0.15) is 0 Å². The van der Waals surface area contributed by atoms with Gasteiger partial charge in [-0.05, 0) is 41.8 Å².